The molecule has 3 aromatic heterocycles. The number of fused-ring (bicyclic) bond motifs is 4. The van der Waals surface area contributed by atoms with Gasteiger partial charge in [0.05, 0.1) is 11.6 Å². The molecule has 3 aliphatic carbocycles. The Morgan fingerprint density at radius 2 is 1.28 bits per heavy atom. The number of hydrogen-bond acceptors (Lipinski definition) is 4. The zero-order valence-electron chi connectivity index (χ0n) is 25.1. The van der Waals surface area contributed by atoms with E-state index in [-0.39, 0.29) is 28.6 Å². The van der Waals surface area contributed by atoms with Crippen molar-refractivity contribution in [2.45, 2.75) is 43.7 Å². The third kappa shape index (κ3) is 4.66. The van der Waals surface area contributed by atoms with Gasteiger partial charge in [0.25, 0.3) is 0 Å². The second-order valence-electron chi connectivity index (χ2n) is 12.5. The topological polar surface area (TPSA) is 55.6 Å². The van der Waals surface area contributed by atoms with Gasteiger partial charge in [-0.2, -0.15) is 5.10 Å². The monoisotopic (exact) mass is 615 g/mol. The third-order valence-corrected chi connectivity index (χ3v) is 9.91. The van der Waals surface area contributed by atoms with E-state index in [4.69, 9.17) is 5.10 Å². The predicted molar refractivity (Wildman–Crippen MR) is 173 cm³/mol. The molecule has 1 atom stereocenters. The smallest absolute Gasteiger partial charge is 0.168 e. The molecule has 2 bridgehead atoms. The average molecular weight is 616 g/mol. The summed E-state index contributed by atoms with van der Waals surface area (Å²) in [6.45, 7) is 0. The zero-order chi connectivity index (χ0) is 31.3. The average Bonchev–Trinajstić information content (AvgIpc) is 3.47. The SMILES string of the molecule is Fc1cnc2c(c1)c(-c1nc(N[C@@H]3CC4CCC3CC4)c(F)cc1F)nn2C(c1ccccc1)(c1ccccc1)c1ccccc1. The molecule has 0 spiro atoms. The van der Waals surface area contributed by atoms with Crippen LogP contribution in [-0.4, -0.2) is 25.8 Å². The number of nitrogens with one attached hydrogen (secondary N) is 1. The van der Waals surface area contributed by atoms with Crippen LogP contribution >= 0.6 is 0 Å². The maximum absolute atomic E-state index is 15.9. The standard InChI is InChI=1S/C38H32F3N5/c39-29-21-30-34(35-31(40)22-32(41)36(44-35)43-33-20-24-16-18-25(33)19-17-24)45-46(37(30)42-23-29)38(26-10-4-1-5-11-26,27-12-6-2-7-13-27)28-14-8-3-9-15-28/h1-15,21-25,33H,16-20H2,(H,43,44)/t24?,25?,33-/m1/s1. The number of nitrogens with zero attached hydrogens (tertiary/aromatic N) is 4. The number of aromatic nitrogens is 4. The molecule has 0 saturated heterocycles. The van der Waals surface area contributed by atoms with Crippen LogP contribution in [0.15, 0.2) is 109 Å². The number of halogens is 3. The van der Waals surface area contributed by atoms with Gasteiger partial charge in [-0.1, -0.05) is 104 Å². The van der Waals surface area contributed by atoms with Crippen LogP contribution < -0.4 is 5.32 Å². The molecule has 9 rings (SSSR count). The first kappa shape index (κ1) is 28.5. The molecule has 3 fully saturated rings. The Labute approximate surface area is 265 Å². The van der Waals surface area contributed by atoms with E-state index in [1.165, 1.54) is 18.9 Å². The van der Waals surface area contributed by atoms with Crippen molar-refractivity contribution >= 4 is 16.9 Å². The van der Waals surface area contributed by atoms with E-state index in [9.17, 15) is 4.39 Å². The fourth-order valence-corrected chi connectivity index (χ4v) is 7.75. The summed E-state index contributed by atoms with van der Waals surface area (Å²) in [5.41, 5.74) is 1.77. The van der Waals surface area contributed by atoms with Gasteiger partial charge in [-0.25, -0.2) is 27.8 Å². The normalized spacial score (nSPS) is 19.4. The van der Waals surface area contributed by atoms with Crippen molar-refractivity contribution in [3.63, 3.8) is 0 Å². The van der Waals surface area contributed by atoms with Crippen LogP contribution in [0.25, 0.3) is 22.4 Å². The van der Waals surface area contributed by atoms with Gasteiger partial charge in [-0.15, -0.1) is 0 Å². The van der Waals surface area contributed by atoms with E-state index in [1.807, 2.05) is 91.0 Å². The number of anilines is 1. The molecule has 8 heteroatoms. The highest BCUT2D eigenvalue weighted by Crippen LogP contribution is 2.45. The number of benzene rings is 3. The van der Waals surface area contributed by atoms with Gasteiger partial charge >= 0.3 is 0 Å². The van der Waals surface area contributed by atoms with Crippen molar-refractivity contribution in [3.05, 3.63) is 143 Å². The van der Waals surface area contributed by atoms with Crippen LogP contribution in [0.2, 0.25) is 0 Å². The summed E-state index contributed by atoms with van der Waals surface area (Å²) in [7, 11) is 0. The molecule has 0 aliphatic heterocycles. The fourth-order valence-electron chi connectivity index (χ4n) is 7.75. The highest BCUT2D eigenvalue weighted by atomic mass is 19.1. The molecule has 6 aromatic rings. The third-order valence-electron chi connectivity index (χ3n) is 9.91. The minimum absolute atomic E-state index is 0.0125. The summed E-state index contributed by atoms with van der Waals surface area (Å²) >= 11 is 0. The van der Waals surface area contributed by atoms with Gasteiger partial charge < -0.3 is 5.32 Å². The predicted octanol–water partition coefficient (Wildman–Crippen LogP) is 8.74. The van der Waals surface area contributed by atoms with Crippen molar-refractivity contribution in [1.29, 1.82) is 0 Å². The molecule has 46 heavy (non-hydrogen) atoms. The first-order valence-corrected chi connectivity index (χ1v) is 15.9. The Bertz CT molecular complexity index is 1910. The highest BCUT2D eigenvalue weighted by Gasteiger charge is 2.42. The number of rotatable bonds is 7. The molecule has 3 aromatic carbocycles. The number of hydrogen-bond donors (Lipinski definition) is 1. The van der Waals surface area contributed by atoms with Gasteiger partial charge in [0, 0.05) is 12.1 Å². The molecular formula is C38H32F3N5. The lowest BCUT2D eigenvalue weighted by Gasteiger charge is -2.42. The summed E-state index contributed by atoms with van der Waals surface area (Å²) in [5.74, 6) is -1.21. The van der Waals surface area contributed by atoms with Gasteiger partial charge in [0.2, 0.25) is 0 Å². The second-order valence-corrected chi connectivity index (χ2v) is 12.5. The molecule has 1 N–H and O–H groups in total. The Kier molecular flexibility index (Phi) is 7.08. The van der Waals surface area contributed by atoms with E-state index in [1.54, 1.807) is 4.68 Å². The molecule has 3 aliphatic rings. The maximum atomic E-state index is 15.9. The quantitative estimate of drug-likeness (QED) is 0.183. The van der Waals surface area contributed by atoms with E-state index in [0.29, 0.717) is 17.5 Å². The lowest BCUT2D eigenvalue weighted by Crippen LogP contribution is -2.40. The van der Waals surface area contributed by atoms with Crippen molar-refractivity contribution < 1.29 is 13.2 Å². The van der Waals surface area contributed by atoms with Crippen molar-refractivity contribution in [3.8, 4) is 11.4 Å². The van der Waals surface area contributed by atoms with Crippen LogP contribution in [0.3, 0.4) is 0 Å². The Balaban J connectivity index is 1.38. The molecule has 230 valence electrons. The molecule has 0 amide bonds. The minimum Gasteiger partial charge on any atom is -0.365 e. The molecule has 0 unspecified atom stereocenters. The van der Waals surface area contributed by atoms with Crippen molar-refractivity contribution in [1.82, 2.24) is 19.7 Å². The second kappa shape index (κ2) is 11.4. The van der Waals surface area contributed by atoms with Gasteiger partial charge in [0.15, 0.2) is 23.1 Å². The van der Waals surface area contributed by atoms with Crippen molar-refractivity contribution in [2.75, 3.05) is 5.32 Å². The van der Waals surface area contributed by atoms with Crippen LogP contribution in [0.4, 0.5) is 19.0 Å². The summed E-state index contributed by atoms with van der Waals surface area (Å²) in [6.07, 6.45) is 6.66. The Hall–Kier alpha value is -4.98. The molecule has 3 saturated carbocycles. The van der Waals surface area contributed by atoms with Crippen LogP contribution in [0, 0.1) is 29.3 Å². The summed E-state index contributed by atoms with van der Waals surface area (Å²) in [4.78, 5) is 9.07. The van der Waals surface area contributed by atoms with E-state index < -0.39 is 23.0 Å². The highest BCUT2D eigenvalue weighted by molar-refractivity contribution is 5.91. The fraction of sp³-hybridized carbons (Fsp3) is 0.237. The Morgan fingerprint density at radius 3 is 1.83 bits per heavy atom. The molecular weight excluding hydrogens is 583 g/mol. The molecule has 0 radical (unpaired) electrons. The van der Waals surface area contributed by atoms with Gasteiger partial charge in [-0.3, -0.25) is 0 Å². The van der Waals surface area contributed by atoms with E-state index in [2.05, 4.69) is 15.3 Å². The summed E-state index contributed by atoms with van der Waals surface area (Å²) in [6, 6.07) is 31.8. The Morgan fingerprint density at radius 1 is 0.696 bits per heavy atom. The summed E-state index contributed by atoms with van der Waals surface area (Å²) in [5, 5.41) is 8.64. The van der Waals surface area contributed by atoms with Crippen LogP contribution in [0.1, 0.15) is 48.8 Å². The first-order valence-electron chi connectivity index (χ1n) is 15.9. The maximum Gasteiger partial charge on any atom is 0.168 e. The van der Waals surface area contributed by atoms with Gasteiger partial charge in [-0.05, 0) is 53.9 Å². The first-order chi connectivity index (χ1) is 22.5. The van der Waals surface area contributed by atoms with Crippen LogP contribution in [-0.2, 0) is 5.54 Å². The molecule has 5 nitrogen and oxygen atoms in total. The molecule has 3 heterocycles. The summed E-state index contributed by atoms with van der Waals surface area (Å²) < 4.78 is 47.9. The lowest BCUT2D eigenvalue weighted by atomic mass is 9.68. The minimum atomic E-state index is -1.09. The van der Waals surface area contributed by atoms with Crippen LogP contribution in [0.5, 0.6) is 0 Å². The zero-order valence-corrected chi connectivity index (χ0v) is 25.1. The largest absolute Gasteiger partial charge is 0.365 e. The van der Waals surface area contributed by atoms with E-state index >= 15 is 8.78 Å². The van der Waals surface area contributed by atoms with Gasteiger partial charge in [0.1, 0.15) is 22.7 Å². The lowest BCUT2D eigenvalue weighted by molar-refractivity contribution is 0.157. The van der Waals surface area contributed by atoms with Crippen molar-refractivity contribution in [2.24, 2.45) is 11.8 Å². The number of pyridine rings is 2. The van der Waals surface area contributed by atoms with E-state index in [0.717, 1.165) is 48.2 Å².